The number of aryl methyl sites for hydroxylation is 1. The summed E-state index contributed by atoms with van der Waals surface area (Å²) in [5.74, 6) is 1.16. The average Bonchev–Trinajstić information content (AvgIpc) is 2.33. The summed E-state index contributed by atoms with van der Waals surface area (Å²) >= 11 is 7.36. The Hall–Kier alpha value is 0.530. The molecule has 0 atom stereocenters. The largest absolute Gasteiger partial charge is 0.133 e. The maximum absolute atomic E-state index is 3.55. The van der Waals surface area contributed by atoms with Gasteiger partial charge in [-0.05, 0) is 34.2 Å². The quantitative estimate of drug-likeness (QED) is 0.726. The highest BCUT2D eigenvalue weighted by atomic mass is 79.9. The van der Waals surface area contributed by atoms with E-state index in [1.807, 2.05) is 23.1 Å². The molecule has 0 saturated heterocycles. The summed E-state index contributed by atoms with van der Waals surface area (Å²) in [6.07, 6.45) is 1.15. The van der Waals surface area contributed by atoms with Gasteiger partial charge < -0.3 is 0 Å². The van der Waals surface area contributed by atoms with Crippen molar-refractivity contribution in [3.05, 3.63) is 15.4 Å². The molecule has 0 saturated carbocycles. The Morgan fingerprint density at radius 3 is 2.73 bits per heavy atom. The van der Waals surface area contributed by atoms with Gasteiger partial charge in [0.05, 0.1) is 4.21 Å². The van der Waals surface area contributed by atoms with Gasteiger partial charge in [0, 0.05) is 9.35 Å². The van der Waals surface area contributed by atoms with Crippen LogP contribution in [0.5, 0.6) is 0 Å². The first-order chi connectivity index (χ1) is 5.27. The highest BCUT2D eigenvalue weighted by Crippen LogP contribution is 2.35. The minimum absolute atomic E-state index is 1.15. The van der Waals surface area contributed by atoms with E-state index in [0.717, 1.165) is 12.2 Å². The molecular formula is C8H11BrS2. The number of thioether (sulfide) groups is 1. The van der Waals surface area contributed by atoms with Crippen molar-refractivity contribution in [3.63, 3.8) is 0 Å². The molecule has 1 rings (SSSR count). The number of thiophene rings is 1. The average molecular weight is 251 g/mol. The zero-order valence-corrected chi connectivity index (χ0v) is 9.91. The summed E-state index contributed by atoms with van der Waals surface area (Å²) in [6, 6.07) is 2.22. The van der Waals surface area contributed by atoms with Crippen LogP contribution in [0.15, 0.2) is 14.7 Å². The second-order valence-electron chi connectivity index (χ2n) is 2.13. The van der Waals surface area contributed by atoms with Gasteiger partial charge in [-0.2, -0.15) is 0 Å². The van der Waals surface area contributed by atoms with Crippen LogP contribution >= 0.6 is 39.0 Å². The standard InChI is InChI=1S/C8H11BrS2/c1-3-6-5-7(9)8(11-6)10-4-2/h5H,3-4H2,1-2H3. The molecule has 0 amide bonds. The summed E-state index contributed by atoms with van der Waals surface area (Å²) in [5.41, 5.74) is 0. The lowest BCUT2D eigenvalue weighted by Crippen LogP contribution is -1.64. The molecule has 1 heterocycles. The summed E-state index contributed by atoms with van der Waals surface area (Å²) in [5, 5.41) is 0. The van der Waals surface area contributed by atoms with Gasteiger partial charge in [-0.3, -0.25) is 0 Å². The van der Waals surface area contributed by atoms with Crippen LogP contribution in [0.4, 0.5) is 0 Å². The topological polar surface area (TPSA) is 0 Å². The smallest absolute Gasteiger partial charge is 0.0743 e. The van der Waals surface area contributed by atoms with Crippen LogP contribution < -0.4 is 0 Å². The molecule has 0 spiro atoms. The third kappa shape index (κ3) is 2.49. The van der Waals surface area contributed by atoms with Crippen molar-refractivity contribution in [1.82, 2.24) is 0 Å². The number of hydrogen-bond donors (Lipinski definition) is 0. The third-order valence-corrected chi connectivity index (χ3v) is 4.93. The predicted molar refractivity (Wildman–Crippen MR) is 57.8 cm³/mol. The van der Waals surface area contributed by atoms with Gasteiger partial charge in [-0.1, -0.05) is 13.8 Å². The van der Waals surface area contributed by atoms with E-state index in [0.29, 0.717) is 0 Å². The molecule has 1 aromatic rings. The first kappa shape index (κ1) is 9.62. The van der Waals surface area contributed by atoms with Crippen molar-refractivity contribution in [1.29, 1.82) is 0 Å². The maximum atomic E-state index is 3.55. The minimum Gasteiger partial charge on any atom is -0.133 e. The molecule has 0 N–H and O–H groups in total. The first-order valence-corrected chi connectivity index (χ1v) is 6.28. The molecule has 0 aromatic carbocycles. The van der Waals surface area contributed by atoms with Gasteiger partial charge in [-0.15, -0.1) is 23.1 Å². The van der Waals surface area contributed by atoms with Gasteiger partial charge >= 0.3 is 0 Å². The van der Waals surface area contributed by atoms with Crippen molar-refractivity contribution < 1.29 is 0 Å². The van der Waals surface area contributed by atoms with Crippen molar-refractivity contribution in [2.75, 3.05) is 5.75 Å². The number of halogens is 1. The predicted octanol–water partition coefficient (Wildman–Crippen LogP) is 4.19. The second kappa shape index (κ2) is 4.53. The maximum Gasteiger partial charge on any atom is 0.0743 e. The van der Waals surface area contributed by atoms with E-state index in [1.54, 1.807) is 0 Å². The van der Waals surface area contributed by atoms with E-state index in [1.165, 1.54) is 13.6 Å². The van der Waals surface area contributed by atoms with Crippen molar-refractivity contribution in [3.8, 4) is 0 Å². The van der Waals surface area contributed by atoms with Crippen molar-refractivity contribution in [2.24, 2.45) is 0 Å². The van der Waals surface area contributed by atoms with Crippen LogP contribution in [0, 0.1) is 0 Å². The van der Waals surface area contributed by atoms with Crippen molar-refractivity contribution in [2.45, 2.75) is 24.5 Å². The molecular weight excluding hydrogens is 240 g/mol. The van der Waals surface area contributed by atoms with Gasteiger partial charge in [0.1, 0.15) is 0 Å². The molecule has 0 aliphatic heterocycles. The van der Waals surface area contributed by atoms with E-state index < -0.39 is 0 Å². The Morgan fingerprint density at radius 2 is 2.27 bits per heavy atom. The Balaban J connectivity index is 2.79. The van der Waals surface area contributed by atoms with E-state index in [2.05, 4.69) is 35.8 Å². The molecule has 0 aliphatic rings. The Kier molecular flexibility index (Phi) is 3.96. The zero-order chi connectivity index (χ0) is 8.27. The van der Waals surface area contributed by atoms with E-state index in [9.17, 15) is 0 Å². The van der Waals surface area contributed by atoms with Crippen LogP contribution in [0.25, 0.3) is 0 Å². The normalized spacial score (nSPS) is 10.5. The SMILES string of the molecule is CCSc1sc(CC)cc1Br. The minimum atomic E-state index is 1.15. The molecule has 62 valence electrons. The molecule has 0 fully saturated rings. The highest BCUT2D eigenvalue weighted by molar-refractivity contribution is 9.10. The zero-order valence-electron chi connectivity index (χ0n) is 6.69. The fourth-order valence-corrected chi connectivity index (χ4v) is 3.90. The van der Waals surface area contributed by atoms with E-state index in [4.69, 9.17) is 0 Å². The van der Waals surface area contributed by atoms with Crippen LogP contribution in [0.1, 0.15) is 18.7 Å². The van der Waals surface area contributed by atoms with Crippen LogP contribution in [-0.2, 0) is 6.42 Å². The van der Waals surface area contributed by atoms with Gasteiger partial charge in [0.25, 0.3) is 0 Å². The van der Waals surface area contributed by atoms with Gasteiger partial charge in [-0.25, -0.2) is 0 Å². The number of hydrogen-bond acceptors (Lipinski definition) is 2. The fraction of sp³-hybridized carbons (Fsp3) is 0.500. The molecule has 0 nitrogen and oxygen atoms in total. The Labute approximate surface area is 84.5 Å². The van der Waals surface area contributed by atoms with E-state index >= 15 is 0 Å². The fourth-order valence-electron chi connectivity index (χ4n) is 0.801. The second-order valence-corrected chi connectivity index (χ2v) is 5.66. The molecule has 0 aliphatic carbocycles. The molecule has 1 aromatic heterocycles. The summed E-state index contributed by atoms with van der Waals surface area (Å²) in [7, 11) is 0. The molecule has 11 heavy (non-hydrogen) atoms. The van der Waals surface area contributed by atoms with E-state index in [-0.39, 0.29) is 0 Å². The first-order valence-electron chi connectivity index (χ1n) is 3.69. The monoisotopic (exact) mass is 250 g/mol. The Morgan fingerprint density at radius 1 is 1.55 bits per heavy atom. The summed E-state index contributed by atoms with van der Waals surface area (Å²) in [4.78, 5) is 1.47. The Bertz CT molecular complexity index is 230. The molecule has 0 unspecified atom stereocenters. The summed E-state index contributed by atoms with van der Waals surface area (Å²) in [6.45, 7) is 4.38. The molecule has 0 bridgehead atoms. The summed E-state index contributed by atoms with van der Waals surface area (Å²) < 4.78 is 2.69. The molecule has 3 heteroatoms. The van der Waals surface area contributed by atoms with Gasteiger partial charge in [0.15, 0.2) is 0 Å². The van der Waals surface area contributed by atoms with Crippen LogP contribution in [-0.4, -0.2) is 5.75 Å². The third-order valence-electron chi connectivity index (χ3n) is 1.33. The van der Waals surface area contributed by atoms with Crippen LogP contribution in [0.3, 0.4) is 0 Å². The lowest BCUT2D eigenvalue weighted by molar-refractivity contribution is 1.18. The highest BCUT2D eigenvalue weighted by Gasteiger charge is 2.04. The molecule has 0 radical (unpaired) electrons. The number of rotatable bonds is 3. The lowest BCUT2D eigenvalue weighted by atomic mass is 10.4. The van der Waals surface area contributed by atoms with Crippen molar-refractivity contribution >= 4 is 39.0 Å². The van der Waals surface area contributed by atoms with Gasteiger partial charge in [0.2, 0.25) is 0 Å². The van der Waals surface area contributed by atoms with Crippen LogP contribution in [0.2, 0.25) is 0 Å². The lowest BCUT2D eigenvalue weighted by Gasteiger charge is -1.91.